The average Bonchev–Trinajstić information content (AvgIpc) is 2.50. The number of hydrogen-bond acceptors (Lipinski definition) is 4. The fraction of sp³-hybridized carbons (Fsp3) is 0.857. The van der Waals surface area contributed by atoms with Crippen LogP contribution in [-0.4, -0.2) is 60.5 Å². The third-order valence-corrected chi connectivity index (χ3v) is 3.77. The molecular weight excluding hydrogens is 244 g/mol. The highest BCUT2D eigenvalue weighted by molar-refractivity contribution is 5.95. The number of amides is 1. The molecule has 1 unspecified atom stereocenters. The zero-order valence-electron chi connectivity index (χ0n) is 11.8. The first-order valence-electron chi connectivity index (χ1n) is 7.38. The summed E-state index contributed by atoms with van der Waals surface area (Å²) in [6.07, 6.45) is 4.38. The van der Waals surface area contributed by atoms with Crippen LogP contribution >= 0.6 is 0 Å². The minimum atomic E-state index is -0.370. The summed E-state index contributed by atoms with van der Waals surface area (Å²) in [5, 5.41) is 0. The first-order chi connectivity index (χ1) is 9.19. The number of nitrogens with zero attached hydrogens (tertiary/aromatic N) is 2. The van der Waals surface area contributed by atoms with E-state index in [1.54, 1.807) is 4.90 Å². The largest absolute Gasteiger partial charge is 0.459 e. The lowest BCUT2D eigenvalue weighted by Crippen LogP contribution is -2.43. The smallest absolute Gasteiger partial charge is 0.315 e. The summed E-state index contributed by atoms with van der Waals surface area (Å²) in [5.74, 6) is -0.460. The molecule has 0 spiro atoms. The summed E-state index contributed by atoms with van der Waals surface area (Å²) in [6, 6.07) is 0. The van der Waals surface area contributed by atoms with Crippen molar-refractivity contribution in [3.63, 3.8) is 0 Å². The summed E-state index contributed by atoms with van der Waals surface area (Å²) in [4.78, 5) is 27.6. The highest BCUT2D eigenvalue weighted by atomic mass is 16.5. The number of carbonyl (C=O) groups excluding carboxylic acids is 2. The van der Waals surface area contributed by atoms with Crippen LogP contribution in [0.25, 0.3) is 0 Å². The van der Waals surface area contributed by atoms with Gasteiger partial charge < -0.3 is 9.64 Å². The molecule has 1 amide bonds. The molecule has 0 aromatic heterocycles. The van der Waals surface area contributed by atoms with Crippen molar-refractivity contribution >= 4 is 11.9 Å². The van der Waals surface area contributed by atoms with Gasteiger partial charge in [0.15, 0.2) is 0 Å². The highest BCUT2D eigenvalue weighted by Crippen LogP contribution is 2.14. The summed E-state index contributed by atoms with van der Waals surface area (Å²) in [5.41, 5.74) is 0. The maximum Gasteiger partial charge on any atom is 0.315 e. The second-order valence-electron chi connectivity index (χ2n) is 5.49. The molecule has 0 aromatic carbocycles. The molecule has 2 aliphatic heterocycles. The number of esters is 1. The Bertz CT molecular complexity index is 327. The maximum atomic E-state index is 11.9. The van der Waals surface area contributed by atoms with Crippen LogP contribution < -0.4 is 0 Å². The number of cyclic esters (lactones) is 1. The SMILES string of the molecule is CCCN1CC(CN2CCCCC2)OC(=O)CC1=O. The van der Waals surface area contributed by atoms with Crippen LogP contribution in [0.5, 0.6) is 0 Å². The zero-order valence-corrected chi connectivity index (χ0v) is 11.8. The van der Waals surface area contributed by atoms with Gasteiger partial charge in [-0.15, -0.1) is 0 Å². The van der Waals surface area contributed by atoms with Gasteiger partial charge in [-0.1, -0.05) is 13.3 Å². The number of carbonyl (C=O) groups is 2. The minimum Gasteiger partial charge on any atom is -0.459 e. The summed E-state index contributed by atoms with van der Waals surface area (Å²) < 4.78 is 5.42. The fourth-order valence-corrected chi connectivity index (χ4v) is 2.86. The van der Waals surface area contributed by atoms with E-state index in [-0.39, 0.29) is 24.4 Å². The van der Waals surface area contributed by atoms with Gasteiger partial charge in [0.05, 0.1) is 6.54 Å². The van der Waals surface area contributed by atoms with E-state index in [0.717, 1.165) is 26.1 Å². The van der Waals surface area contributed by atoms with Crippen LogP contribution in [0.3, 0.4) is 0 Å². The van der Waals surface area contributed by atoms with E-state index >= 15 is 0 Å². The van der Waals surface area contributed by atoms with Gasteiger partial charge in [0.2, 0.25) is 5.91 Å². The van der Waals surface area contributed by atoms with E-state index in [9.17, 15) is 9.59 Å². The molecule has 0 radical (unpaired) electrons. The molecule has 0 aliphatic carbocycles. The van der Waals surface area contributed by atoms with Crippen molar-refractivity contribution in [2.24, 2.45) is 0 Å². The Morgan fingerprint density at radius 3 is 2.63 bits per heavy atom. The van der Waals surface area contributed by atoms with Crippen LogP contribution in [0.4, 0.5) is 0 Å². The molecule has 1 atom stereocenters. The van der Waals surface area contributed by atoms with Crippen LogP contribution in [0, 0.1) is 0 Å². The molecule has 5 nitrogen and oxygen atoms in total. The first kappa shape index (κ1) is 14.3. The molecule has 0 N–H and O–H groups in total. The van der Waals surface area contributed by atoms with Crippen LogP contribution in [0.15, 0.2) is 0 Å². The number of ether oxygens (including phenoxy) is 1. The first-order valence-corrected chi connectivity index (χ1v) is 7.38. The minimum absolute atomic E-state index is 0.0898. The lowest BCUT2D eigenvalue weighted by atomic mass is 10.1. The molecule has 2 heterocycles. The molecule has 2 saturated heterocycles. The van der Waals surface area contributed by atoms with E-state index in [4.69, 9.17) is 4.74 Å². The Morgan fingerprint density at radius 1 is 1.21 bits per heavy atom. The highest BCUT2D eigenvalue weighted by Gasteiger charge is 2.29. The molecule has 5 heteroatoms. The Balaban J connectivity index is 1.93. The van der Waals surface area contributed by atoms with Crippen LogP contribution in [0.1, 0.15) is 39.0 Å². The standard InChI is InChI=1S/C14H24N2O3/c1-2-6-16-11-12(19-14(18)9-13(16)17)10-15-7-4-3-5-8-15/h12H,2-11H2,1H3. The summed E-state index contributed by atoms with van der Waals surface area (Å²) in [7, 11) is 0. The molecule has 2 fully saturated rings. The van der Waals surface area contributed by atoms with Gasteiger partial charge in [0, 0.05) is 13.1 Å². The van der Waals surface area contributed by atoms with Crippen molar-refractivity contribution in [1.82, 2.24) is 9.80 Å². The van der Waals surface area contributed by atoms with E-state index in [0.29, 0.717) is 13.1 Å². The topological polar surface area (TPSA) is 49.9 Å². The molecule has 0 aromatic rings. The number of rotatable bonds is 4. The molecule has 2 aliphatic rings. The average molecular weight is 268 g/mol. The lowest BCUT2D eigenvalue weighted by Gasteiger charge is -2.31. The summed E-state index contributed by atoms with van der Waals surface area (Å²) >= 11 is 0. The van der Waals surface area contributed by atoms with Gasteiger partial charge in [0.25, 0.3) is 0 Å². The predicted molar refractivity (Wildman–Crippen MR) is 71.7 cm³/mol. The van der Waals surface area contributed by atoms with Crippen molar-refractivity contribution < 1.29 is 14.3 Å². The van der Waals surface area contributed by atoms with Gasteiger partial charge in [-0.2, -0.15) is 0 Å². The van der Waals surface area contributed by atoms with Crippen LogP contribution in [0.2, 0.25) is 0 Å². The zero-order chi connectivity index (χ0) is 13.7. The Hall–Kier alpha value is -1.10. The van der Waals surface area contributed by atoms with Crippen LogP contribution in [-0.2, 0) is 14.3 Å². The maximum absolute atomic E-state index is 11.9. The van der Waals surface area contributed by atoms with Crippen molar-refractivity contribution in [3.8, 4) is 0 Å². The van der Waals surface area contributed by atoms with E-state index in [1.165, 1.54) is 19.3 Å². The summed E-state index contributed by atoms with van der Waals surface area (Å²) in [6.45, 7) is 6.23. The van der Waals surface area contributed by atoms with Gasteiger partial charge in [0.1, 0.15) is 12.5 Å². The van der Waals surface area contributed by atoms with E-state index in [1.807, 2.05) is 6.92 Å². The lowest BCUT2D eigenvalue weighted by molar-refractivity contribution is -0.149. The molecule has 108 valence electrons. The van der Waals surface area contributed by atoms with Crippen molar-refractivity contribution in [2.75, 3.05) is 32.7 Å². The fourth-order valence-electron chi connectivity index (χ4n) is 2.86. The predicted octanol–water partition coefficient (Wildman–Crippen LogP) is 1.03. The molecular formula is C14H24N2O3. The molecule has 2 rings (SSSR count). The van der Waals surface area contributed by atoms with Gasteiger partial charge >= 0.3 is 5.97 Å². The third kappa shape index (κ3) is 4.20. The van der Waals surface area contributed by atoms with Crippen molar-refractivity contribution in [2.45, 2.75) is 45.1 Å². The Kier molecular flexibility index (Phi) is 5.19. The Labute approximate surface area is 114 Å². The second kappa shape index (κ2) is 6.89. The van der Waals surface area contributed by atoms with E-state index < -0.39 is 0 Å². The van der Waals surface area contributed by atoms with Gasteiger partial charge in [-0.3, -0.25) is 14.5 Å². The number of likely N-dealkylation sites (tertiary alicyclic amines) is 1. The van der Waals surface area contributed by atoms with Gasteiger partial charge in [-0.05, 0) is 32.4 Å². The monoisotopic (exact) mass is 268 g/mol. The van der Waals surface area contributed by atoms with Crippen molar-refractivity contribution in [1.29, 1.82) is 0 Å². The number of hydrogen-bond donors (Lipinski definition) is 0. The number of piperidine rings is 1. The normalized spacial score (nSPS) is 26.2. The second-order valence-corrected chi connectivity index (χ2v) is 5.49. The quantitative estimate of drug-likeness (QED) is 0.564. The van der Waals surface area contributed by atoms with Crippen molar-refractivity contribution in [3.05, 3.63) is 0 Å². The molecule has 0 bridgehead atoms. The molecule has 0 saturated carbocycles. The third-order valence-electron chi connectivity index (χ3n) is 3.77. The molecule has 19 heavy (non-hydrogen) atoms. The van der Waals surface area contributed by atoms with E-state index in [2.05, 4.69) is 4.90 Å². The van der Waals surface area contributed by atoms with Gasteiger partial charge in [-0.25, -0.2) is 0 Å². The Morgan fingerprint density at radius 2 is 1.95 bits per heavy atom.